The van der Waals surface area contributed by atoms with Crippen LogP contribution >= 0.6 is 0 Å². The van der Waals surface area contributed by atoms with E-state index in [4.69, 9.17) is 0 Å². The summed E-state index contributed by atoms with van der Waals surface area (Å²) in [6, 6.07) is 0. The van der Waals surface area contributed by atoms with Crippen molar-refractivity contribution in [3.63, 3.8) is 0 Å². The van der Waals surface area contributed by atoms with Crippen molar-refractivity contribution in [2.24, 2.45) is 0 Å². The topological polar surface area (TPSA) is 39.8 Å². The molecule has 0 atom stereocenters. The Morgan fingerprint density at radius 1 is 1.38 bits per heavy atom. The lowest BCUT2D eigenvalue weighted by Crippen LogP contribution is -2.16. The first-order valence-corrected chi connectivity index (χ1v) is 2.85. The maximum atomic E-state index is 10.7. The molecule has 0 N–H and O–H groups in total. The minimum absolute atomic E-state index is 0.119. The van der Waals surface area contributed by atoms with Gasteiger partial charge in [-0.3, -0.25) is 0 Å². The van der Waals surface area contributed by atoms with Gasteiger partial charge in [-0.25, -0.2) is 10.2 Å². The lowest BCUT2D eigenvalue weighted by molar-refractivity contribution is -0.0102. The molecule has 48 valence electrons. The molecule has 2 heteroatoms. The maximum Gasteiger partial charge on any atom is 0.0981 e. The van der Waals surface area contributed by atoms with Crippen LogP contribution in [-0.2, 0) is 10.2 Å². The molecule has 0 saturated heterocycles. The van der Waals surface area contributed by atoms with Crippen molar-refractivity contribution >= 4 is 0 Å². The third-order valence-corrected chi connectivity index (χ3v) is 0.923. The van der Waals surface area contributed by atoms with Crippen molar-refractivity contribution in [1.82, 2.24) is 0 Å². The van der Waals surface area contributed by atoms with E-state index in [9.17, 15) is 10.2 Å². The Bertz CT molecular complexity index is 54.0. The SMILES string of the molecule is CC(C)([O])CCC[O]. The van der Waals surface area contributed by atoms with Crippen LogP contribution in [0.2, 0.25) is 0 Å². The first-order valence-electron chi connectivity index (χ1n) is 2.85. The van der Waals surface area contributed by atoms with Crippen molar-refractivity contribution in [3.05, 3.63) is 0 Å². The largest absolute Gasteiger partial charge is 0.237 e. The minimum Gasteiger partial charge on any atom is -0.237 e. The summed E-state index contributed by atoms with van der Waals surface area (Å²) in [5.74, 6) is 0. The molecule has 0 spiro atoms. The molecule has 0 aliphatic heterocycles. The maximum absolute atomic E-state index is 10.7. The highest BCUT2D eigenvalue weighted by Crippen LogP contribution is 2.09. The summed E-state index contributed by atoms with van der Waals surface area (Å²) >= 11 is 0. The van der Waals surface area contributed by atoms with Crippen molar-refractivity contribution < 1.29 is 10.2 Å². The van der Waals surface area contributed by atoms with Gasteiger partial charge in [0.15, 0.2) is 0 Å². The zero-order valence-corrected chi connectivity index (χ0v) is 5.44. The van der Waals surface area contributed by atoms with Gasteiger partial charge in [0.25, 0.3) is 0 Å². The summed E-state index contributed by atoms with van der Waals surface area (Å²) in [4.78, 5) is 0. The van der Waals surface area contributed by atoms with E-state index in [1.807, 2.05) is 0 Å². The Labute approximate surface area is 50.2 Å². The van der Waals surface area contributed by atoms with Crippen LogP contribution in [0.1, 0.15) is 26.7 Å². The van der Waals surface area contributed by atoms with E-state index < -0.39 is 5.60 Å². The van der Waals surface area contributed by atoms with Gasteiger partial charge in [0.1, 0.15) is 0 Å². The van der Waals surface area contributed by atoms with Crippen LogP contribution in [0.5, 0.6) is 0 Å². The van der Waals surface area contributed by atoms with E-state index in [1.165, 1.54) is 0 Å². The highest BCUT2D eigenvalue weighted by atomic mass is 16.3. The molecule has 8 heavy (non-hydrogen) atoms. The summed E-state index contributed by atoms with van der Waals surface area (Å²) in [6.07, 6.45) is 1.01. The van der Waals surface area contributed by atoms with Gasteiger partial charge in [0.2, 0.25) is 0 Å². The molecule has 0 bridgehead atoms. The van der Waals surface area contributed by atoms with E-state index in [1.54, 1.807) is 13.8 Å². The average Bonchev–Trinajstić information content (AvgIpc) is 1.59. The lowest BCUT2D eigenvalue weighted by atomic mass is 10.0. The molecule has 0 fully saturated rings. The fourth-order valence-corrected chi connectivity index (χ4v) is 0.498. The van der Waals surface area contributed by atoms with Gasteiger partial charge in [0.05, 0.1) is 12.2 Å². The average molecular weight is 116 g/mol. The predicted octanol–water partition coefficient (Wildman–Crippen LogP) is 1.41. The third kappa shape index (κ3) is 5.92. The Morgan fingerprint density at radius 3 is 2.00 bits per heavy atom. The van der Waals surface area contributed by atoms with Gasteiger partial charge in [0, 0.05) is 0 Å². The number of hydrogen-bond donors (Lipinski definition) is 0. The van der Waals surface area contributed by atoms with Crippen LogP contribution in [0.3, 0.4) is 0 Å². The van der Waals surface area contributed by atoms with Gasteiger partial charge in [-0.15, -0.1) is 0 Å². The Morgan fingerprint density at radius 2 is 1.88 bits per heavy atom. The van der Waals surface area contributed by atoms with Crippen LogP contribution < -0.4 is 0 Å². The Hall–Kier alpha value is -0.0800. The second kappa shape index (κ2) is 3.05. The van der Waals surface area contributed by atoms with Crippen LogP contribution in [0.15, 0.2) is 0 Å². The molecule has 0 saturated carbocycles. The van der Waals surface area contributed by atoms with Crippen molar-refractivity contribution in [2.45, 2.75) is 32.3 Å². The molecule has 0 rings (SSSR count). The summed E-state index contributed by atoms with van der Waals surface area (Å²) in [6.45, 7) is 3.08. The summed E-state index contributed by atoms with van der Waals surface area (Å²) in [5.41, 5.74) is -0.898. The third-order valence-electron chi connectivity index (χ3n) is 0.923. The van der Waals surface area contributed by atoms with Gasteiger partial charge >= 0.3 is 0 Å². The fraction of sp³-hybridized carbons (Fsp3) is 1.00. The summed E-state index contributed by atoms with van der Waals surface area (Å²) < 4.78 is 0. The number of rotatable bonds is 3. The molecule has 0 aromatic rings. The smallest absolute Gasteiger partial charge is 0.0981 e. The van der Waals surface area contributed by atoms with Crippen molar-refractivity contribution in [2.75, 3.05) is 6.61 Å². The van der Waals surface area contributed by atoms with E-state index in [2.05, 4.69) is 0 Å². The van der Waals surface area contributed by atoms with Crippen LogP contribution in [0.25, 0.3) is 0 Å². The molecule has 2 radical (unpaired) electrons. The Kier molecular flexibility index (Phi) is 3.02. The molecular weight excluding hydrogens is 104 g/mol. The number of hydrogen-bond acceptors (Lipinski definition) is 0. The molecule has 0 unspecified atom stereocenters. The minimum atomic E-state index is -0.898. The van der Waals surface area contributed by atoms with E-state index in [0.717, 1.165) is 0 Å². The van der Waals surface area contributed by atoms with Crippen LogP contribution in [0.4, 0.5) is 0 Å². The molecule has 0 heterocycles. The fourth-order valence-electron chi connectivity index (χ4n) is 0.498. The van der Waals surface area contributed by atoms with Crippen molar-refractivity contribution in [1.29, 1.82) is 0 Å². The van der Waals surface area contributed by atoms with Gasteiger partial charge < -0.3 is 0 Å². The lowest BCUT2D eigenvalue weighted by Gasteiger charge is -2.11. The van der Waals surface area contributed by atoms with E-state index in [0.29, 0.717) is 12.8 Å². The zero-order chi connectivity index (χ0) is 6.62. The normalized spacial score (nSPS) is 12.0. The van der Waals surface area contributed by atoms with E-state index in [-0.39, 0.29) is 6.61 Å². The second-order valence-electron chi connectivity index (χ2n) is 2.57. The predicted molar refractivity (Wildman–Crippen MR) is 29.6 cm³/mol. The Balaban J connectivity index is 3.11. The quantitative estimate of drug-likeness (QED) is 0.535. The first kappa shape index (κ1) is 7.92. The molecule has 2 nitrogen and oxygen atoms in total. The summed E-state index contributed by atoms with van der Waals surface area (Å²) in [7, 11) is 0. The van der Waals surface area contributed by atoms with Gasteiger partial charge in [-0.1, -0.05) is 0 Å². The first-order chi connectivity index (χ1) is 3.56. The summed E-state index contributed by atoms with van der Waals surface area (Å²) in [5, 5.41) is 20.6. The molecular formula is C6H12O2. The monoisotopic (exact) mass is 116 g/mol. The second-order valence-corrected chi connectivity index (χ2v) is 2.57. The zero-order valence-electron chi connectivity index (χ0n) is 5.44. The molecule has 0 aromatic carbocycles. The standard InChI is InChI=1S/C6H12O2/c1-6(2,8)4-3-5-7/h3-5H2,1-2H3. The highest BCUT2D eigenvalue weighted by molar-refractivity contribution is 4.62. The van der Waals surface area contributed by atoms with Crippen LogP contribution in [-0.4, -0.2) is 12.2 Å². The van der Waals surface area contributed by atoms with Gasteiger partial charge in [-0.2, -0.15) is 0 Å². The highest BCUT2D eigenvalue weighted by Gasteiger charge is 2.13. The van der Waals surface area contributed by atoms with Crippen molar-refractivity contribution in [3.8, 4) is 0 Å². The van der Waals surface area contributed by atoms with Gasteiger partial charge in [-0.05, 0) is 26.7 Å². The van der Waals surface area contributed by atoms with Crippen LogP contribution in [0, 0.1) is 0 Å². The molecule has 0 aliphatic rings. The molecule has 0 amide bonds. The molecule has 0 aliphatic carbocycles. The molecule has 0 aromatic heterocycles. The van der Waals surface area contributed by atoms with E-state index >= 15 is 0 Å².